The van der Waals surface area contributed by atoms with Gasteiger partial charge in [0.05, 0.1) is 46.5 Å². The van der Waals surface area contributed by atoms with Gasteiger partial charge in [-0.2, -0.15) is 0 Å². The fraction of sp³-hybridized carbons (Fsp3) is 0.269. The summed E-state index contributed by atoms with van der Waals surface area (Å²) in [5.41, 5.74) is 6.24. The highest BCUT2D eigenvalue weighted by Gasteiger charge is 2.20. The van der Waals surface area contributed by atoms with Crippen molar-refractivity contribution in [2.24, 2.45) is 10.9 Å². The molecule has 1 amide bonds. The standard InChI is InChI=1S/C26H27ClN4O2/c1-16(2)14-31(3)25-12-24-23(11-21(25)27)30-26(33)13-22(29-24)19-6-4-5-17(9-19)18-7-8-28-20(10-18)15-32/h4-12,16,32H,13-15H2,1-3H3,(H,30,33). The van der Waals surface area contributed by atoms with Gasteiger partial charge in [-0.25, -0.2) is 0 Å². The number of hydrogen-bond donors (Lipinski definition) is 2. The summed E-state index contributed by atoms with van der Waals surface area (Å²) in [5, 5.41) is 12.9. The third kappa shape index (κ3) is 5.24. The second-order valence-electron chi connectivity index (χ2n) is 8.65. The maximum absolute atomic E-state index is 12.7. The quantitative estimate of drug-likeness (QED) is 0.510. The fourth-order valence-electron chi connectivity index (χ4n) is 4.00. The Morgan fingerprint density at radius 3 is 2.64 bits per heavy atom. The van der Waals surface area contributed by atoms with Gasteiger partial charge < -0.3 is 15.3 Å². The molecule has 0 bridgehead atoms. The van der Waals surface area contributed by atoms with Crippen molar-refractivity contribution in [2.45, 2.75) is 26.9 Å². The van der Waals surface area contributed by atoms with Crippen molar-refractivity contribution in [1.29, 1.82) is 0 Å². The third-order valence-corrected chi connectivity index (χ3v) is 5.78. The van der Waals surface area contributed by atoms with Crippen molar-refractivity contribution in [3.8, 4) is 11.1 Å². The summed E-state index contributed by atoms with van der Waals surface area (Å²) in [6.45, 7) is 5.05. The highest BCUT2D eigenvalue weighted by Crippen LogP contribution is 2.38. The molecule has 33 heavy (non-hydrogen) atoms. The maximum Gasteiger partial charge on any atom is 0.230 e. The molecule has 1 aliphatic rings. The van der Waals surface area contributed by atoms with E-state index in [1.54, 1.807) is 12.3 Å². The summed E-state index contributed by atoms with van der Waals surface area (Å²) in [4.78, 5) is 23.8. The number of aliphatic imine (C=N–C) groups is 1. The van der Waals surface area contributed by atoms with E-state index in [0.29, 0.717) is 33.7 Å². The maximum atomic E-state index is 12.7. The minimum Gasteiger partial charge on any atom is -0.390 e. The number of aromatic nitrogens is 1. The average molecular weight is 463 g/mol. The van der Waals surface area contributed by atoms with Gasteiger partial charge in [0.25, 0.3) is 0 Å². The van der Waals surface area contributed by atoms with Crippen molar-refractivity contribution >= 4 is 40.3 Å². The van der Waals surface area contributed by atoms with Gasteiger partial charge in [0.1, 0.15) is 0 Å². The number of benzene rings is 2. The molecule has 3 aromatic rings. The van der Waals surface area contributed by atoms with Gasteiger partial charge in [0.2, 0.25) is 5.91 Å². The summed E-state index contributed by atoms with van der Waals surface area (Å²) >= 11 is 6.54. The number of amides is 1. The first-order valence-electron chi connectivity index (χ1n) is 10.9. The number of pyridine rings is 1. The van der Waals surface area contributed by atoms with E-state index in [2.05, 4.69) is 29.0 Å². The molecule has 2 heterocycles. The van der Waals surface area contributed by atoms with Crippen molar-refractivity contribution in [2.75, 3.05) is 23.8 Å². The summed E-state index contributed by atoms with van der Waals surface area (Å²) in [7, 11) is 2.01. The van der Waals surface area contributed by atoms with Crippen LogP contribution in [0, 0.1) is 5.92 Å². The average Bonchev–Trinajstić information content (AvgIpc) is 2.95. The van der Waals surface area contributed by atoms with Crippen LogP contribution < -0.4 is 10.2 Å². The van der Waals surface area contributed by atoms with Crippen LogP contribution in [-0.2, 0) is 11.4 Å². The molecule has 7 heteroatoms. The number of aliphatic hydroxyl groups excluding tert-OH is 1. The van der Waals surface area contributed by atoms with Crippen molar-refractivity contribution < 1.29 is 9.90 Å². The molecule has 0 atom stereocenters. The molecule has 0 saturated heterocycles. The molecule has 0 saturated carbocycles. The van der Waals surface area contributed by atoms with E-state index in [9.17, 15) is 9.90 Å². The number of rotatable bonds is 6. The van der Waals surface area contributed by atoms with E-state index < -0.39 is 0 Å². The zero-order valence-electron chi connectivity index (χ0n) is 19.0. The largest absolute Gasteiger partial charge is 0.390 e. The second kappa shape index (κ2) is 9.73. The van der Waals surface area contributed by atoms with E-state index in [1.807, 2.05) is 49.5 Å². The molecule has 1 aromatic heterocycles. The monoisotopic (exact) mass is 462 g/mol. The van der Waals surface area contributed by atoms with E-state index in [1.165, 1.54) is 0 Å². The first-order chi connectivity index (χ1) is 15.8. The van der Waals surface area contributed by atoms with Gasteiger partial charge in [-0.3, -0.25) is 14.8 Å². The van der Waals surface area contributed by atoms with Crippen LogP contribution in [0.2, 0.25) is 5.02 Å². The molecular formula is C26H27ClN4O2. The molecule has 0 spiro atoms. The fourth-order valence-corrected chi connectivity index (χ4v) is 4.31. The van der Waals surface area contributed by atoms with Crippen LogP contribution >= 0.6 is 11.6 Å². The topological polar surface area (TPSA) is 77.8 Å². The number of carbonyl (C=O) groups is 1. The lowest BCUT2D eigenvalue weighted by Gasteiger charge is -2.23. The van der Waals surface area contributed by atoms with Gasteiger partial charge in [-0.1, -0.05) is 43.6 Å². The normalized spacial score (nSPS) is 13.3. The molecule has 0 unspecified atom stereocenters. The number of halogens is 1. The van der Waals surface area contributed by atoms with E-state index in [-0.39, 0.29) is 18.9 Å². The van der Waals surface area contributed by atoms with Crippen molar-refractivity contribution in [3.63, 3.8) is 0 Å². The van der Waals surface area contributed by atoms with Crippen LogP contribution in [0.25, 0.3) is 11.1 Å². The number of aliphatic hydroxyl groups is 1. The molecule has 0 aliphatic carbocycles. The lowest BCUT2D eigenvalue weighted by atomic mass is 9.99. The lowest BCUT2D eigenvalue weighted by Crippen LogP contribution is -2.22. The Balaban J connectivity index is 1.75. The minimum atomic E-state index is -0.135. The number of hydrogen-bond acceptors (Lipinski definition) is 5. The molecule has 4 rings (SSSR count). The molecule has 0 fully saturated rings. The first kappa shape index (κ1) is 23.0. The second-order valence-corrected chi connectivity index (χ2v) is 9.06. The summed E-state index contributed by atoms with van der Waals surface area (Å²) < 4.78 is 0. The molecule has 170 valence electrons. The van der Waals surface area contributed by atoms with Gasteiger partial charge in [-0.15, -0.1) is 0 Å². The first-order valence-corrected chi connectivity index (χ1v) is 11.3. The molecule has 2 aromatic carbocycles. The van der Waals surface area contributed by atoms with E-state index >= 15 is 0 Å². The number of anilines is 2. The Kier molecular flexibility index (Phi) is 6.77. The van der Waals surface area contributed by atoms with Gasteiger partial charge >= 0.3 is 0 Å². The Labute approximate surface area is 199 Å². The Bertz CT molecular complexity index is 1220. The zero-order chi connectivity index (χ0) is 23.5. The number of nitrogens with one attached hydrogen (secondary N) is 1. The lowest BCUT2D eigenvalue weighted by molar-refractivity contribution is -0.115. The Hall–Kier alpha value is -3.22. The van der Waals surface area contributed by atoms with Crippen LogP contribution in [0.4, 0.5) is 17.1 Å². The van der Waals surface area contributed by atoms with Gasteiger partial charge in [-0.05, 0) is 52.9 Å². The van der Waals surface area contributed by atoms with Crippen LogP contribution in [0.1, 0.15) is 31.5 Å². The van der Waals surface area contributed by atoms with E-state index in [0.717, 1.165) is 28.9 Å². The van der Waals surface area contributed by atoms with Gasteiger partial charge in [0, 0.05) is 19.8 Å². The van der Waals surface area contributed by atoms with Crippen LogP contribution in [0.3, 0.4) is 0 Å². The predicted octanol–water partition coefficient (Wildman–Crippen LogP) is 5.45. The molecule has 0 radical (unpaired) electrons. The Morgan fingerprint density at radius 2 is 1.88 bits per heavy atom. The summed E-state index contributed by atoms with van der Waals surface area (Å²) in [6.07, 6.45) is 1.84. The van der Waals surface area contributed by atoms with E-state index in [4.69, 9.17) is 16.6 Å². The SMILES string of the molecule is CC(C)CN(C)c1cc2c(cc1Cl)NC(=O)CC(c1cccc(-c3ccnc(CO)c3)c1)=N2. The highest BCUT2D eigenvalue weighted by molar-refractivity contribution is 6.34. The predicted molar refractivity (Wildman–Crippen MR) is 135 cm³/mol. The van der Waals surface area contributed by atoms with Crippen LogP contribution in [0.15, 0.2) is 59.7 Å². The molecule has 2 N–H and O–H groups in total. The van der Waals surface area contributed by atoms with Crippen LogP contribution in [0.5, 0.6) is 0 Å². The minimum absolute atomic E-state index is 0.118. The van der Waals surface area contributed by atoms with Crippen molar-refractivity contribution in [3.05, 3.63) is 71.0 Å². The Morgan fingerprint density at radius 1 is 1.12 bits per heavy atom. The number of nitrogens with zero attached hydrogens (tertiary/aromatic N) is 3. The van der Waals surface area contributed by atoms with Crippen molar-refractivity contribution in [1.82, 2.24) is 4.98 Å². The molecular weight excluding hydrogens is 436 g/mol. The molecule has 1 aliphatic heterocycles. The number of fused-ring (bicyclic) bond motifs is 1. The zero-order valence-corrected chi connectivity index (χ0v) is 19.7. The van der Waals surface area contributed by atoms with Crippen LogP contribution in [-0.4, -0.2) is 35.3 Å². The van der Waals surface area contributed by atoms with Gasteiger partial charge in [0.15, 0.2) is 0 Å². The highest BCUT2D eigenvalue weighted by atomic mass is 35.5. The molecule has 6 nitrogen and oxygen atoms in total. The third-order valence-electron chi connectivity index (χ3n) is 5.48. The summed E-state index contributed by atoms with van der Waals surface area (Å²) in [5.74, 6) is 0.342. The smallest absolute Gasteiger partial charge is 0.230 e. The summed E-state index contributed by atoms with van der Waals surface area (Å²) in [6, 6.07) is 15.4. The number of carbonyl (C=O) groups excluding carboxylic acids is 1.